The second kappa shape index (κ2) is 4.66. The number of alkyl halides is 3. The van der Waals surface area contributed by atoms with Crippen LogP contribution in [0.25, 0.3) is 10.9 Å². The first-order valence-electron chi connectivity index (χ1n) is 5.58. The van der Waals surface area contributed by atoms with Crippen molar-refractivity contribution in [1.82, 2.24) is 9.78 Å². The number of anilines is 1. The van der Waals surface area contributed by atoms with Crippen molar-refractivity contribution in [2.24, 2.45) is 7.05 Å². The molecule has 0 atom stereocenters. The molecular formula is C11H11F3N4O2. The summed E-state index contributed by atoms with van der Waals surface area (Å²) in [5, 5.41) is 15.1. The Labute approximate surface area is 111 Å². The van der Waals surface area contributed by atoms with Crippen LogP contribution in [0.4, 0.5) is 24.7 Å². The van der Waals surface area contributed by atoms with E-state index >= 15 is 0 Å². The molecule has 0 unspecified atom stereocenters. The van der Waals surface area contributed by atoms with E-state index in [9.17, 15) is 23.3 Å². The number of rotatable bonds is 3. The van der Waals surface area contributed by atoms with E-state index in [1.807, 2.05) is 0 Å². The van der Waals surface area contributed by atoms with Crippen LogP contribution in [0.2, 0.25) is 0 Å². The zero-order valence-electron chi connectivity index (χ0n) is 10.7. The van der Waals surface area contributed by atoms with Crippen LogP contribution in [-0.4, -0.2) is 34.5 Å². The number of nitro benzene ring substituents is 1. The Hall–Kier alpha value is -2.32. The molecule has 0 saturated carbocycles. The lowest BCUT2D eigenvalue weighted by Gasteiger charge is -2.18. The maximum absolute atomic E-state index is 12.4. The lowest BCUT2D eigenvalue weighted by molar-refractivity contribution is -0.384. The van der Waals surface area contributed by atoms with Gasteiger partial charge in [0.1, 0.15) is 6.54 Å². The fourth-order valence-electron chi connectivity index (χ4n) is 1.97. The SMILES string of the molecule is CN(CC(F)(F)F)c1nn(C)c2ccc([N+](=O)[O-])cc12. The molecular weight excluding hydrogens is 277 g/mol. The maximum atomic E-state index is 12.4. The Morgan fingerprint density at radius 3 is 2.65 bits per heavy atom. The summed E-state index contributed by atoms with van der Waals surface area (Å²) in [6.07, 6.45) is -4.38. The van der Waals surface area contributed by atoms with E-state index < -0.39 is 17.6 Å². The first-order valence-corrected chi connectivity index (χ1v) is 5.58. The van der Waals surface area contributed by atoms with Gasteiger partial charge in [0.15, 0.2) is 5.82 Å². The number of hydrogen-bond donors (Lipinski definition) is 0. The van der Waals surface area contributed by atoms with E-state index in [2.05, 4.69) is 5.10 Å². The van der Waals surface area contributed by atoms with Gasteiger partial charge in [-0.2, -0.15) is 18.3 Å². The highest BCUT2D eigenvalue weighted by molar-refractivity contribution is 5.92. The topological polar surface area (TPSA) is 64.2 Å². The number of aryl methyl sites for hydroxylation is 1. The summed E-state index contributed by atoms with van der Waals surface area (Å²) in [5.41, 5.74) is 0.340. The van der Waals surface area contributed by atoms with E-state index in [-0.39, 0.29) is 11.5 Å². The Kier molecular flexibility index (Phi) is 3.28. The van der Waals surface area contributed by atoms with Gasteiger partial charge in [-0.15, -0.1) is 0 Å². The minimum Gasteiger partial charge on any atom is -0.349 e. The highest BCUT2D eigenvalue weighted by atomic mass is 19.4. The van der Waals surface area contributed by atoms with Gasteiger partial charge >= 0.3 is 6.18 Å². The third kappa shape index (κ3) is 2.65. The third-order valence-corrected chi connectivity index (χ3v) is 2.80. The maximum Gasteiger partial charge on any atom is 0.405 e. The van der Waals surface area contributed by atoms with Crippen LogP contribution in [0.15, 0.2) is 18.2 Å². The number of non-ortho nitro benzene ring substituents is 1. The number of fused-ring (bicyclic) bond motifs is 1. The van der Waals surface area contributed by atoms with Gasteiger partial charge in [0.05, 0.1) is 15.8 Å². The first-order chi connectivity index (χ1) is 9.19. The Bertz CT molecular complexity index is 665. The third-order valence-electron chi connectivity index (χ3n) is 2.80. The normalized spacial score (nSPS) is 11.8. The molecule has 2 aromatic rings. The van der Waals surface area contributed by atoms with E-state index in [0.717, 1.165) is 4.90 Å². The largest absolute Gasteiger partial charge is 0.405 e. The van der Waals surface area contributed by atoms with E-state index in [1.54, 1.807) is 7.05 Å². The molecule has 0 N–H and O–H groups in total. The van der Waals surface area contributed by atoms with E-state index in [1.165, 1.54) is 29.9 Å². The van der Waals surface area contributed by atoms with Gasteiger partial charge in [0.25, 0.3) is 5.69 Å². The van der Waals surface area contributed by atoms with Crippen LogP contribution in [0.3, 0.4) is 0 Å². The summed E-state index contributed by atoms with van der Waals surface area (Å²) in [6.45, 7) is -1.18. The predicted octanol–water partition coefficient (Wildman–Crippen LogP) is 2.48. The number of benzene rings is 1. The number of hydrogen-bond acceptors (Lipinski definition) is 4. The van der Waals surface area contributed by atoms with Crippen molar-refractivity contribution in [2.45, 2.75) is 6.18 Å². The molecule has 0 fully saturated rings. The van der Waals surface area contributed by atoms with Gasteiger partial charge in [0.2, 0.25) is 0 Å². The second-order valence-electron chi connectivity index (χ2n) is 4.38. The van der Waals surface area contributed by atoms with E-state index in [4.69, 9.17) is 0 Å². The Morgan fingerprint density at radius 1 is 1.45 bits per heavy atom. The Balaban J connectivity index is 2.52. The lowest BCUT2D eigenvalue weighted by atomic mass is 10.2. The quantitative estimate of drug-likeness (QED) is 0.643. The predicted molar refractivity (Wildman–Crippen MR) is 66.7 cm³/mol. The van der Waals surface area contributed by atoms with Crippen LogP contribution in [-0.2, 0) is 7.05 Å². The lowest BCUT2D eigenvalue weighted by Crippen LogP contribution is -2.31. The van der Waals surface area contributed by atoms with Gasteiger partial charge in [-0.3, -0.25) is 14.8 Å². The van der Waals surface area contributed by atoms with Crippen molar-refractivity contribution < 1.29 is 18.1 Å². The van der Waals surface area contributed by atoms with Crippen LogP contribution < -0.4 is 4.90 Å². The van der Waals surface area contributed by atoms with Crippen molar-refractivity contribution in [1.29, 1.82) is 0 Å². The smallest absolute Gasteiger partial charge is 0.349 e. The van der Waals surface area contributed by atoms with Crippen LogP contribution in [0.5, 0.6) is 0 Å². The van der Waals surface area contributed by atoms with Crippen molar-refractivity contribution >= 4 is 22.4 Å². The fourth-order valence-corrected chi connectivity index (χ4v) is 1.97. The summed E-state index contributed by atoms with van der Waals surface area (Å²) in [5.74, 6) is 0.0588. The molecule has 0 amide bonds. The number of aromatic nitrogens is 2. The average Bonchev–Trinajstić information content (AvgIpc) is 2.64. The van der Waals surface area contributed by atoms with Crippen molar-refractivity contribution in [3.05, 3.63) is 28.3 Å². The molecule has 1 aromatic heterocycles. The molecule has 0 aliphatic rings. The van der Waals surface area contributed by atoms with Gasteiger partial charge in [-0.1, -0.05) is 0 Å². The molecule has 20 heavy (non-hydrogen) atoms. The van der Waals surface area contributed by atoms with Crippen LogP contribution in [0, 0.1) is 10.1 Å². The van der Waals surface area contributed by atoms with Gasteiger partial charge in [0, 0.05) is 26.2 Å². The zero-order chi connectivity index (χ0) is 15.1. The number of nitro groups is 1. The van der Waals surface area contributed by atoms with Gasteiger partial charge in [-0.25, -0.2) is 0 Å². The van der Waals surface area contributed by atoms with Crippen LogP contribution in [0.1, 0.15) is 0 Å². The number of halogens is 3. The molecule has 0 aliphatic carbocycles. The minimum absolute atomic E-state index is 0.0588. The van der Waals surface area contributed by atoms with Crippen LogP contribution >= 0.6 is 0 Å². The molecule has 0 saturated heterocycles. The second-order valence-corrected chi connectivity index (χ2v) is 4.38. The minimum atomic E-state index is -4.38. The summed E-state index contributed by atoms with van der Waals surface area (Å²) in [6, 6.07) is 3.98. The monoisotopic (exact) mass is 288 g/mol. The summed E-state index contributed by atoms with van der Waals surface area (Å²) < 4.78 is 38.7. The van der Waals surface area contributed by atoms with Gasteiger partial charge in [-0.05, 0) is 6.07 Å². The number of nitrogens with zero attached hydrogens (tertiary/aromatic N) is 4. The molecule has 9 heteroatoms. The highest BCUT2D eigenvalue weighted by Crippen LogP contribution is 2.30. The highest BCUT2D eigenvalue weighted by Gasteiger charge is 2.31. The molecule has 0 radical (unpaired) electrons. The summed E-state index contributed by atoms with van der Waals surface area (Å²) >= 11 is 0. The summed E-state index contributed by atoms with van der Waals surface area (Å²) in [4.78, 5) is 11.1. The molecule has 2 rings (SSSR count). The molecule has 6 nitrogen and oxygen atoms in total. The molecule has 1 heterocycles. The molecule has 1 aromatic carbocycles. The average molecular weight is 288 g/mol. The summed E-state index contributed by atoms with van der Waals surface area (Å²) in [7, 11) is 2.81. The Morgan fingerprint density at radius 2 is 2.10 bits per heavy atom. The van der Waals surface area contributed by atoms with Crippen molar-refractivity contribution in [2.75, 3.05) is 18.5 Å². The molecule has 108 valence electrons. The molecule has 0 aliphatic heterocycles. The van der Waals surface area contributed by atoms with Crippen molar-refractivity contribution in [3.63, 3.8) is 0 Å². The fraction of sp³-hybridized carbons (Fsp3) is 0.364. The standard InChI is InChI=1S/C11H11F3N4O2/c1-16(6-11(12,13)14)10-8-5-7(18(19)20)3-4-9(8)17(2)15-10/h3-5H,6H2,1-2H3. The van der Waals surface area contributed by atoms with E-state index in [0.29, 0.717) is 10.9 Å². The molecule has 0 spiro atoms. The molecule has 0 bridgehead atoms. The van der Waals surface area contributed by atoms with Gasteiger partial charge < -0.3 is 4.90 Å². The zero-order valence-corrected chi connectivity index (χ0v) is 10.7. The first kappa shape index (κ1) is 14.1. The van der Waals surface area contributed by atoms with Crippen molar-refractivity contribution in [3.8, 4) is 0 Å².